The van der Waals surface area contributed by atoms with Crippen LogP contribution in [0.4, 0.5) is 0 Å². The molecule has 3 aromatic carbocycles. The zero-order valence-corrected chi connectivity index (χ0v) is 17.9. The molecular weight excluding hydrogens is 368 g/mol. The van der Waals surface area contributed by atoms with Gasteiger partial charge in [0.05, 0.1) is 6.61 Å². The normalized spacial score (nSPS) is 24.7. The molecule has 0 spiro atoms. The van der Waals surface area contributed by atoms with Crippen molar-refractivity contribution >= 4 is 0 Å². The highest BCUT2D eigenvalue weighted by Gasteiger charge is 2.42. The highest BCUT2D eigenvalue weighted by atomic mass is 16.7. The number of hydroxylamine groups is 2. The van der Waals surface area contributed by atoms with Gasteiger partial charge in [0.15, 0.2) is 0 Å². The molecule has 2 aliphatic rings. The van der Waals surface area contributed by atoms with Gasteiger partial charge in [0.25, 0.3) is 0 Å². The summed E-state index contributed by atoms with van der Waals surface area (Å²) in [5.74, 6) is 0.578. The highest BCUT2D eigenvalue weighted by molar-refractivity contribution is 5.67. The number of fused-ring (bicyclic) bond motifs is 1. The summed E-state index contributed by atoms with van der Waals surface area (Å²) >= 11 is 0. The van der Waals surface area contributed by atoms with Gasteiger partial charge in [0, 0.05) is 38.1 Å². The Hall–Kier alpha value is -2.46. The van der Waals surface area contributed by atoms with E-state index in [-0.39, 0.29) is 0 Å². The lowest BCUT2D eigenvalue weighted by Gasteiger charge is -2.42. The smallest absolute Gasteiger partial charge is 0.0741 e. The topological polar surface area (TPSA) is 15.7 Å². The maximum absolute atomic E-state index is 5.90. The Morgan fingerprint density at radius 3 is 2.57 bits per heavy atom. The third-order valence-electron chi connectivity index (χ3n) is 6.83. The first kappa shape index (κ1) is 19.5. The van der Waals surface area contributed by atoms with Gasteiger partial charge >= 0.3 is 0 Å². The van der Waals surface area contributed by atoms with Gasteiger partial charge in [-0.1, -0.05) is 72.8 Å². The molecule has 2 saturated heterocycles. The van der Waals surface area contributed by atoms with Crippen molar-refractivity contribution in [2.45, 2.75) is 32.0 Å². The van der Waals surface area contributed by atoms with E-state index in [0.29, 0.717) is 18.0 Å². The van der Waals surface area contributed by atoms with Gasteiger partial charge in [-0.15, -0.1) is 0 Å². The second kappa shape index (κ2) is 8.35. The molecule has 0 saturated carbocycles. The second-order valence-electron chi connectivity index (χ2n) is 8.78. The molecule has 3 aromatic rings. The number of benzene rings is 3. The average Bonchev–Trinajstić information content (AvgIpc) is 3.14. The van der Waals surface area contributed by atoms with Gasteiger partial charge in [-0.05, 0) is 47.2 Å². The minimum absolute atomic E-state index is 0.388. The standard InChI is InChI=1S/C27H30N2O/c1-20-9-6-7-14-25(20)22-12-8-13-23(15-22)27-16-26-24(19-30-28(26)2)18-29(27)17-21-10-4-3-5-11-21/h3-15,24,26-27H,16-19H2,1-2H3/t24-,26-,27-/m0/s1. The molecule has 3 atom stereocenters. The van der Waals surface area contributed by atoms with Crippen molar-refractivity contribution in [2.75, 3.05) is 20.2 Å². The van der Waals surface area contributed by atoms with E-state index in [9.17, 15) is 0 Å². The third-order valence-corrected chi connectivity index (χ3v) is 6.83. The van der Waals surface area contributed by atoms with Crippen LogP contribution in [0.15, 0.2) is 78.9 Å². The summed E-state index contributed by atoms with van der Waals surface area (Å²) in [5.41, 5.74) is 6.74. The first-order chi connectivity index (χ1) is 14.7. The predicted octanol–water partition coefficient (Wildman–Crippen LogP) is 5.47. The minimum Gasteiger partial charge on any atom is -0.299 e. The third kappa shape index (κ3) is 3.81. The summed E-state index contributed by atoms with van der Waals surface area (Å²) in [7, 11) is 2.10. The van der Waals surface area contributed by atoms with Gasteiger partial charge in [-0.2, -0.15) is 5.06 Å². The number of hydrogen-bond donors (Lipinski definition) is 0. The summed E-state index contributed by atoms with van der Waals surface area (Å²) in [6.07, 6.45) is 1.10. The Morgan fingerprint density at radius 1 is 0.933 bits per heavy atom. The molecule has 0 aliphatic carbocycles. The number of nitrogens with zero attached hydrogens (tertiary/aromatic N) is 2. The molecule has 0 N–H and O–H groups in total. The second-order valence-corrected chi connectivity index (χ2v) is 8.78. The Kier molecular flexibility index (Phi) is 5.43. The number of likely N-dealkylation sites (tertiary alicyclic amines) is 1. The first-order valence-electron chi connectivity index (χ1n) is 11.0. The summed E-state index contributed by atoms with van der Waals surface area (Å²) < 4.78 is 0. The first-order valence-corrected chi connectivity index (χ1v) is 11.0. The van der Waals surface area contributed by atoms with E-state index in [0.717, 1.165) is 26.1 Å². The fraction of sp³-hybridized carbons (Fsp3) is 0.333. The molecular formula is C27H30N2O. The van der Waals surface area contributed by atoms with E-state index in [1.165, 1.54) is 27.8 Å². The lowest BCUT2D eigenvalue weighted by Crippen LogP contribution is -2.46. The molecule has 5 rings (SSSR count). The average molecular weight is 399 g/mol. The Labute approximate surface area is 179 Å². The van der Waals surface area contributed by atoms with Crippen LogP contribution in [0.5, 0.6) is 0 Å². The van der Waals surface area contributed by atoms with Crippen LogP contribution < -0.4 is 0 Å². The Bertz CT molecular complexity index is 1000. The van der Waals surface area contributed by atoms with Crippen molar-refractivity contribution in [3.8, 4) is 11.1 Å². The number of rotatable bonds is 4. The molecule has 3 heteroatoms. The quantitative estimate of drug-likeness (QED) is 0.579. The lowest BCUT2D eigenvalue weighted by atomic mass is 9.84. The van der Waals surface area contributed by atoms with Crippen molar-refractivity contribution in [3.63, 3.8) is 0 Å². The Balaban J connectivity index is 1.49. The maximum Gasteiger partial charge on any atom is 0.0741 e. The van der Waals surface area contributed by atoms with Crippen LogP contribution in [-0.4, -0.2) is 36.2 Å². The fourth-order valence-corrected chi connectivity index (χ4v) is 5.19. The molecule has 30 heavy (non-hydrogen) atoms. The van der Waals surface area contributed by atoms with Gasteiger partial charge in [0.2, 0.25) is 0 Å². The molecule has 2 fully saturated rings. The fourth-order valence-electron chi connectivity index (χ4n) is 5.19. The zero-order chi connectivity index (χ0) is 20.5. The molecule has 3 nitrogen and oxygen atoms in total. The predicted molar refractivity (Wildman–Crippen MR) is 122 cm³/mol. The molecule has 154 valence electrons. The van der Waals surface area contributed by atoms with Crippen molar-refractivity contribution < 1.29 is 4.84 Å². The SMILES string of the molecule is Cc1ccccc1-c1cccc([C@@H]2C[C@H]3[C@H](CON3C)CN2Cc2ccccc2)c1. The molecule has 0 amide bonds. The van der Waals surface area contributed by atoms with Crippen LogP contribution in [-0.2, 0) is 11.4 Å². The Morgan fingerprint density at radius 2 is 1.73 bits per heavy atom. The molecule has 0 unspecified atom stereocenters. The summed E-state index contributed by atoms with van der Waals surface area (Å²) in [5, 5.41) is 2.10. The van der Waals surface area contributed by atoms with Crippen molar-refractivity contribution in [1.29, 1.82) is 0 Å². The molecule has 2 aliphatic heterocycles. The largest absolute Gasteiger partial charge is 0.299 e. The molecule has 0 aromatic heterocycles. The van der Waals surface area contributed by atoms with Crippen molar-refractivity contribution in [1.82, 2.24) is 9.96 Å². The maximum atomic E-state index is 5.90. The van der Waals surface area contributed by atoms with Gasteiger partial charge in [-0.3, -0.25) is 9.74 Å². The molecule has 2 heterocycles. The minimum atomic E-state index is 0.388. The molecule has 0 radical (unpaired) electrons. The number of piperidine rings is 1. The van der Waals surface area contributed by atoms with E-state index < -0.39 is 0 Å². The van der Waals surface area contributed by atoms with E-state index in [4.69, 9.17) is 4.84 Å². The monoisotopic (exact) mass is 398 g/mol. The van der Waals surface area contributed by atoms with Gasteiger partial charge in [0.1, 0.15) is 0 Å². The number of aryl methyl sites for hydroxylation is 1. The van der Waals surface area contributed by atoms with E-state index >= 15 is 0 Å². The van der Waals surface area contributed by atoms with Crippen molar-refractivity contribution in [3.05, 3.63) is 95.6 Å². The van der Waals surface area contributed by atoms with Crippen LogP contribution >= 0.6 is 0 Å². The zero-order valence-electron chi connectivity index (χ0n) is 17.9. The lowest BCUT2D eigenvalue weighted by molar-refractivity contribution is -0.114. The highest BCUT2D eigenvalue weighted by Crippen LogP contribution is 2.40. The van der Waals surface area contributed by atoms with Crippen LogP contribution in [0.1, 0.15) is 29.2 Å². The van der Waals surface area contributed by atoms with E-state index in [1.54, 1.807) is 0 Å². The summed E-state index contributed by atoms with van der Waals surface area (Å²) in [6, 6.07) is 29.6. The number of hydrogen-bond acceptors (Lipinski definition) is 3. The van der Waals surface area contributed by atoms with Crippen LogP contribution in [0.3, 0.4) is 0 Å². The van der Waals surface area contributed by atoms with Gasteiger partial charge < -0.3 is 0 Å². The van der Waals surface area contributed by atoms with Gasteiger partial charge in [-0.25, -0.2) is 0 Å². The van der Waals surface area contributed by atoms with Crippen molar-refractivity contribution in [2.24, 2.45) is 5.92 Å². The summed E-state index contributed by atoms with van der Waals surface area (Å²) in [4.78, 5) is 8.56. The van der Waals surface area contributed by atoms with E-state index in [1.807, 2.05) is 0 Å². The van der Waals surface area contributed by atoms with Crippen LogP contribution in [0, 0.1) is 12.8 Å². The van der Waals surface area contributed by atoms with E-state index in [2.05, 4.69) is 103 Å². The summed E-state index contributed by atoms with van der Waals surface area (Å²) in [6.45, 7) is 5.08. The van der Waals surface area contributed by atoms with Crippen LogP contribution in [0.25, 0.3) is 11.1 Å². The molecule has 0 bridgehead atoms. The van der Waals surface area contributed by atoms with Crippen LogP contribution in [0.2, 0.25) is 0 Å².